The van der Waals surface area contributed by atoms with Gasteiger partial charge in [-0.05, 0) is 46.2 Å². The molecule has 0 saturated carbocycles. The second-order valence-electron chi connectivity index (χ2n) is 7.49. The van der Waals surface area contributed by atoms with Gasteiger partial charge in [-0.15, -0.1) is 5.10 Å². The number of nitrogens with zero attached hydrogens (tertiary/aromatic N) is 3. The fourth-order valence-corrected chi connectivity index (χ4v) is 2.74. The number of hydrogen-bond donors (Lipinski definition) is 1. The Morgan fingerprint density at radius 2 is 2.00 bits per heavy atom. The van der Waals surface area contributed by atoms with Crippen molar-refractivity contribution in [3.05, 3.63) is 35.9 Å². The fourth-order valence-electron chi connectivity index (χ4n) is 2.74. The van der Waals surface area contributed by atoms with Crippen LogP contribution in [0.25, 0.3) is 5.69 Å². The Hall–Kier alpha value is -2.70. The number of hydrogen-bond acceptors (Lipinski definition) is 5. The summed E-state index contributed by atoms with van der Waals surface area (Å²) in [5.41, 5.74) is 7.33. The molecule has 2 heterocycles. The molecule has 1 aromatic carbocycles. The minimum Gasteiger partial charge on any atom is -0.474 e. The van der Waals surface area contributed by atoms with Gasteiger partial charge in [-0.25, -0.2) is 9.48 Å². The maximum atomic E-state index is 12.2. The molecule has 7 nitrogen and oxygen atoms in total. The molecule has 7 heteroatoms. The lowest BCUT2D eigenvalue weighted by Crippen LogP contribution is -2.55. The van der Waals surface area contributed by atoms with Crippen LogP contribution in [0.4, 0.5) is 10.6 Å². The SMILES string of the molecule is Cc1c(OCC2CCN2C(=O)OC(C)(C)C)nn(-c2ccccc2)c1N. The summed E-state index contributed by atoms with van der Waals surface area (Å²) in [6.45, 7) is 8.51. The van der Waals surface area contributed by atoms with E-state index in [1.807, 2.05) is 58.0 Å². The number of carbonyl (C=O) groups is 1. The van der Waals surface area contributed by atoms with Crippen molar-refractivity contribution in [2.75, 3.05) is 18.9 Å². The van der Waals surface area contributed by atoms with E-state index in [9.17, 15) is 4.79 Å². The topological polar surface area (TPSA) is 82.6 Å². The number of amides is 1. The molecule has 1 aliphatic rings. The number of anilines is 1. The van der Waals surface area contributed by atoms with Gasteiger partial charge in [0.15, 0.2) is 0 Å². The van der Waals surface area contributed by atoms with Crippen LogP contribution in [0.1, 0.15) is 32.8 Å². The van der Waals surface area contributed by atoms with Crippen LogP contribution >= 0.6 is 0 Å². The van der Waals surface area contributed by atoms with Gasteiger partial charge in [0, 0.05) is 6.54 Å². The van der Waals surface area contributed by atoms with Crippen LogP contribution in [0.3, 0.4) is 0 Å². The summed E-state index contributed by atoms with van der Waals surface area (Å²) in [5.74, 6) is 1.03. The summed E-state index contributed by atoms with van der Waals surface area (Å²) in [6.07, 6.45) is 0.580. The molecule has 140 valence electrons. The van der Waals surface area contributed by atoms with E-state index in [1.54, 1.807) is 9.58 Å². The fraction of sp³-hybridized carbons (Fsp3) is 0.474. The van der Waals surface area contributed by atoms with E-state index in [2.05, 4.69) is 5.10 Å². The summed E-state index contributed by atoms with van der Waals surface area (Å²) in [6, 6.07) is 9.66. The van der Waals surface area contributed by atoms with Gasteiger partial charge in [-0.2, -0.15) is 0 Å². The van der Waals surface area contributed by atoms with Gasteiger partial charge in [-0.1, -0.05) is 18.2 Å². The number of ether oxygens (including phenoxy) is 2. The third-order valence-corrected chi connectivity index (χ3v) is 4.31. The molecular formula is C19H26N4O3. The van der Waals surface area contributed by atoms with Gasteiger partial charge in [0.05, 0.1) is 17.3 Å². The largest absolute Gasteiger partial charge is 0.474 e. The average molecular weight is 358 g/mol. The zero-order chi connectivity index (χ0) is 18.9. The van der Waals surface area contributed by atoms with Crippen molar-refractivity contribution in [1.82, 2.24) is 14.7 Å². The molecule has 1 unspecified atom stereocenters. The summed E-state index contributed by atoms with van der Waals surface area (Å²) in [5, 5.41) is 4.47. The number of aromatic nitrogens is 2. The third kappa shape index (κ3) is 3.76. The van der Waals surface area contributed by atoms with Crippen LogP contribution in [0, 0.1) is 6.92 Å². The Morgan fingerprint density at radius 1 is 1.31 bits per heavy atom. The number of para-hydroxylation sites is 1. The number of rotatable bonds is 4. The van der Waals surface area contributed by atoms with Gasteiger partial charge in [0.2, 0.25) is 5.88 Å². The maximum Gasteiger partial charge on any atom is 0.410 e. The molecule has 1 amide bonds. The number of nitrogens with two attached hydrogens (primary N) is 1. The van der Waals surface area contributed by atoms with Gasteiger partial charge in [-0.3, -0.25) is 0 Å². The zero-order valence-electron chi connectivity index (χ0n) is 15.7. The Bertz CT molecular complexity index is 780. The Morgan fingerprint density at radius 3 is 2.58 bits per heavy atom. The molecule has 1 fully saturated rings. The summed E-state index contributed by atoms with van der Waals surface area (Å²) in [4.78, 5) is 13.9. The first-order valence-electron chi connectivity index (χ1n) is 8.79. The zero-order valence-corrected chi connectivity index (χ0v) is 15.7. The van der Waals surface area contributed by atoms with E-state index in [0.717, 1.165) is 17.7 Å². The van der Waals surface area contributed by atoms with E-state index in [1.165, 1.54) is 0 Å². The van der Waals surface area contributed by atoms with Gasteiger partial charge in [0.25, 0.3) is 0 Å². The summed E-state index contributed by atoms with van der Waals surface area (Å²) < 4.78 is 13.0. The van der Waals surface area contributed by atoms with Crippen LogP contribution in [-0.2, 0) is 4.74 Å². The molecule has 0 radical (unpaired) electrons. The molecule has 1 saturated heterocycles. The first-order valence-corrected chi connectivity index (χ1v) is 8.79. The second kappa shape index (κ2) is 6.90. The van der Waals surface area contributed by atoms with Crippen molar-refractivity contribution in [1.29, 1.82) is 0 Å². The molecule has 2 N–H and O–H groups in total. The first kappa shape index (κ1) is 18.1. The van der Waals surface area contributed by atoms with Gasteiger partial charge < -0.3 is 20.1 Å². The molecule has 2 aromatic rings. The van der Waals surface area contributed by atoms with Crippen LogP contribution in [0.15, 0.2) is 30.3 Å². The minimum absolute atomic E-state index is 0.00708. The van der Waals surface area contributed by atoms with Crippen LogP contribution in [0.2, 0.25) is 0 Å². The van der Waals surface area contributed by atoms with Crippen molar-refractivity contribution < 1.29 is 14.3 Å². The smallest absolute Gasteiger partial charge is 0.410 e. The van der Waals surface area contributed by atoms with E-state index >= 15 is 0 Å². The predicted octanol–water partition coefficient (Wildman–Crippen LogP) is 3.15. The highest BCUT2D eigenvalue weighted by atomic mass is 16.6. The molecule has 3 rings (SSSR count). The van der Waals surface area contributed by atoms with Gasteiger partial charge >= 0.3 is 6.09 Å². The van der Waals surface area contributed by atoms with E-state index in [0.29, 0.717) is 24.8 Å². The maximum absolute atomic E-state index is 12.2. The normalized spacial score (nSPS) is 16.9. The van der Waals surface area contributed by atoms with Crippen LogP contribution < -0.4 is 10.5 Å². The van der Waals surface area contributed by atoms with E-state index in [4.69, 9.17) is 15.2 Å². The molecular weight excluding hydrogens is 332 g/mol. The first-order chi connectivity index (χ1) is 12.3. The number of likely N-dealkylation sites (tertiary alicyclic amines) is 1. The van der Waals surface area contributed by atoms with Crippen LogP contribution in [0.5, 0.6) is 5.88 Å². The predicted molar refractivity (Wildman–Crippen MR) is 99.6 cm³/mol. The highest BCUT2D eigenvalue weighted by Crippen LogP contribution is 2.27. The van der Waals surface area contributed by atoms with Crippen molar-refractivity contribution >= 4 is 11.9 Å². The molecule has 1 aliphatic heterocycles. The molecule has 1 aromatic heterocycles. The highest BCUT2D eigenvalue weighted by molar-refractivity contribution is 5.69. The number of nitrogen functional groups attached to an aromatic ring is 1. The lowest BCUT2D eigenvalue weighted by Gasteiger charge is -2.40. The molecule has 1 atom stereocenters. The third-order valence-electron chi connectivity index (χ3n) is 4.31. The Kier molecular flexibility index (Phi) is 4.80. The quantitative estimate of drug-likeness (QED) is 0.908. The standard InChI is InChI=1S/C19H26N4O3/c1-13-16(20)23(14-8-6-5-7-9-14)21-17(13)25-12-15-10-11-22(15)18(24)26-19(2,3)4/h5-9,15H,10-12,20H2,1-4H3. The summed E-state index contributed by atoms with van der Waals surface area (Å²) >= 11 is 0. The van der Waals surface area contributed by atoms with Crippen molar-refractivity contribution in [3.63, 3.8) is 0 Å². The van der Waals surface area contributed by atoms with E-state index < -0.39 is 5.60 Å². The summed E-state index contributed by atoms with van der Waals surface area (Å²) in [7, 11) is 0. The Labute approximate surface area is 153 Å². The van der Waals surface area contributed by atoms with Gasteiger partial charge in [0.1, 0.15) is 18.0 Å². The monoisotopic (exact) mass is 358 g/mol. The van der Waals surface area contributed by atoms with E-state index in [-0.39, 0.29) is 12.1 Å². The number of benzene rings is 1. The number of carbonyl (C=O) groups excluding carboxylic acids is 1. The highest BCUT2D eigenvalue weighted by Gasteiger charge is 2.36. The minimum atomic E-state index is -0.502. The molecule has 0 aliphatic carbocycles. The lowest BCUT2D eigenvalue weighted by atomic mass is 10.1. The lowest BCUT2D eigenvalue weighted by molar-refractivity contribution is -0.0145. The van der Waals surface area contributed by atoms with Crippen molar-refractivity contribution in [3.8, 4) is 11.6 Å². The molecule has 0 bridgehead atoms. The second-order valence-corrected chi connectivity index (χ2v) is 7.49. The average Bonchev–Trinajstić information content (AvgIpc) is 2.81. The van der Waals surface area contributed by atoms with Crippen molar-refractivity contribution in [2.45, 2.75) is 45.8 Å². The van der Waals surface area contributed by atoms with Crippen LogP contribution in [-0.4, -0.2) is 45.6 Å². The van der Waals surface area contributed by atoms with Crippen molar-refractivity contribution in [2.24, 2.45) is 0 Å². The molecule has 0 spiro atoms. The Balaban J connectivity index is 1.65. The molecule has 26 heavy (non-hydrogen) atoms.